The van der Waals surface area contributed by atoms with Crippen molar-refractivity contribution >= 4 is 17.5 Å². The summed E-state index contributed by atoms with van der Waals surface area (Å²) in [5.74, 6) is 1.42. The van der Waals surface area contributed by atoms with Crippen LogP contribution in [0.2, 0.25) is 5.02 Å². The summed E-state index contributed by atoms with van der Waals surface area (Å²) in [6.45, 7) is 3.02. The molecule has 1 aromatic rings. The Labute approximate surface area is 119 Å². The van der Waals surface area contributed by atoms with Crippen LogP contribution in [0.5, 0.6) is 0 Å². The number of hydrogen-bond acceptors (Lipinski definition) is 2. The first-order valence-electron chi connectivity index (χ1n) is 7.08. The molecule has 4 heteroatoms. The van der Waals surface area contributed by atoms with Gasteiger partial charge in [-0.05, 0) is 30.7 Å². The van der Waals surface area contributed by atoms with Gasteiger partial charge in [0.2, 0.25) is 0 Å². The smallest absolute Gasteiger partial charge is 0.252 e. The number of carbonyl (C=O) groups excluding carboxylic acids is 1. The lowest BCUT2D eigenvalue weighted by molar-refractivity contribution is 0.0941. The zero-order valence-electron chi connectivity index (χ0n) is 11.4. The molecule has 0 atom stereocenters. The average Bonchev–Trinajstić information content (AvgIpc) is 2.46. The van der Waals surface area contributed by atoms with E-state index < -0.39 is 0 Å². The molecular formula is C15H21ClN2O. The molecule has 1 heterocycles. The van der Waals surface area contributed by atoms with Gasteiger partial charge in [0.1, 0.15) is 0 Å². The molecular weight excluding hydrogens is 260 g/mol. The minimum Gasteiger partial charge on any atom is -0.352 e. The lowest BCUT2D eigenvalue weighted by Gasteiger charge is -2.27. The maximum absolute atomic E-state index is 12.0. The van der Waals surface area contributed by atoms with E-state index in [0.29, 0.717) is 16.5 Å². The van der Waals surface area contributed by atoms with Crippen molar-refractivity contribution in [2.45, 2.75) is 39.0 Å². The van der Waals surface area contributed by atoms with Crippen LogP contribution in [0.4, 0.5) is 0 Å². The van der Waals surface area contributed by atoms with E-state index in [1.54, 1.807) is 12.3 Å². The number of nitrogens with one attached hydrogen (secondary N) is 1. The van der Waals surface area contributed by atoms with Crippen molar-refractivity contribution in [1.29, 1.82) is 0 Å². The number of pyridine rings is 1. The number of hydrogen-bond donors (Lipinski definition) is 1. The molecule has 1 amide bonds. The number of aromatic nitrogens is 1. The molecule has 0 bridgehead atoms. The predicted molar refractivity (Wildman–Crippen MR) is 77.3 cm³/mol. The summed E-state index contributed by atoms with van der Waals surface area (Å²) in [6, 6.07) is 1.66. The van der Waals surface area contributed by atoms with Crippen LogP contribution in [-0.4, -0.2) is 17.4 Å². The monoisotopic (exact) mass is 280 g/mol. The van der Waals surface area contributed by atoms with Gasteiger partial charge >= 0.3 is 0 Å². The second-order valence-electron chi connectivity index (χ2n) is 5.36. The fourth-order valence-electron chi connectivity index (χ4n) is 2.74. The third-order valence-electron chi connectivity index (χ3n) is 4.11. The van der Waals surface area contributed by atoms with Gasteiger partial charge in [0.15, 0.2) is 0 Å². The molecule has 2 rings (SSSR count). The fraction of sp³-hybridized carbons (Fsp3) is 0.600. The number of carbonyl (C=O) groups is 1. The van der Waals surface area contributed by atoms with Crippen molar-refractivity contribution in [3.8, 4) is 0 Å². The Hall–Kier alpha value is -1.09. The molecule has 0 aromatic carbocycles. The van der Waals surface area contributed by atoms with E-state index in [2.05, 4.69) is 17.2 Å². The molecule has 1 N–H and O–H groups in total. The highest BCUT2D eigenvalue weighted by Gasteiger charge is 2.20. The van der Waals surface area contributed by atoms with E-state index in [0.717, 1.165) is 12.5 Å². The molecule has 0 aliphatic heterocycles. The van der Waals surface area contributed by atoms with Gasteiger partial charge in [0.05, 0.1) is 10.6 Å². The second-order valence-corrected chi connectivity index (χ2v) is 5.77. The summed E-state index contributed by atoms with van der Waals surface area (Å²) < 4.78 is 0. The lowest BCUT2D eigenvalue weighted by atomic mass is 9.81. The molecule has 1 aromatic heterocycles. The largest absolute Gasteiger partial charge is 0.352 e. The molecule has 0 saturated heterocycles. The molecule has 0 radical (unpaired) electrons. The van der Waals surface area contributed by atoms with Gasteiger partial charge in [0, 0.05) is 18.9 Å². The molecule has 104 valence electrons. The highest BCUT2D eigenvalue weighted by molar-refractivity contribution is 6.33. The normalized spacial score (nSPS) is 23.1. The van der Waals surface area contributed by atoms with Crippen molar-refractivity contribution in [2.75, 3.05) is 6.54 Å². The van der Waals surface area contributed by atoms with Crippen molar-refractivity contribution in [3.05, 3.63) is 29.0 Å². The van der Waals surface area contributed by atoms with Crippen LogP contribution < -0.4 is 5.32 Å². The Balaban J connectivity index is 1.80. The molecule has 3 nitrogen and oxygen atoms in total. The maximum atomic E-state index is 12.0. The zero-order chi connectivity index (χ0) is 13.7. The molecule has 0 unspecified atom stereocenters. The Morgan fingerprint density at radius 1 is 1.37 bits per heavy atom. The van der Waals surface area contributed by atoms with Crippen LogP contribution in [-0.2, 0) is 0 Å². The van der Waals surface area contributed by atoms with Crippen LogP contribution in [0.15, 0.2) is 18.5 Å². The average molecular weight is 281 g/mol. The molecule has 1 fully saturated rings. The molecule has 0 spiro atoms. The van der Waals surface area contributed by atoms with Gasteiger partial charge in [-0.3, -0.25) is 9.78 Å². The highest BCUT2D eigenvalue weighted by Crippen LogP contribution is 2.30. The van der Waals surface area contributed by atoms with Crippen LogP contribution >= 0.6 is 11.6 Å². The van der Waals surface area contributed by atoms with Gasteiger partial charge in [-0.1, -0.05) is 37.8 Å². The zero-order valence-corrected chi connectivity index (χ0v) is 12.1. The highest BCUT2D eigenvalue weighted by atomic mass is 35.5. The lowest BCUT2D eigenvalue weighted by Crippen LogP contribution is -2.31. The summed E-state index contributed by atoms with van der Waals surface area (Å²) in [5.41, 5.74) is 0.513. The predicted octanol–water partition coefficient (Wildman–Crippen LogP) is 3.68. The first-order valence-corrected chi connectivity index (χ1v) is 7.46. The van der Waals surface area contributed by atoms with Gasteiger partial charge in [-0.15, -0.1) is 0 Å². The fourth-order valence-corrected chi connectivity index (χ4v) is 2.94. The first-order chi connectivity index (χ1) is 9.20. The summed E-state index contributed by atoms with van der Waals surface area (Å²) >= 11 is 5.96. The number of nitrogens with zero attached hydrogens (tertiary/aromatic N) is 1. The third-order valence-corrected chi connectivity index (χ3v) is 4.41. The Morgan fingerprint density at radius 3 is 2.68 bits per heavy atom. The topological polar surface area (TPSA) is 42.0 Å². The van der Waals surface area contributed by atoms with E-state index in [1.807, 2.05) is 0 Å². The van der Waals surface area contributed by atoms with Gasteiger partial charge in [-0.25, -0.2) is 0 Å². The summed E-state index contributed by atoms with van der Waals surface area (Å²) in [4.78, 5) is 15.9. The first kappa shape index (κ1) is 14.3. The minimum atomic E-state index is -0.0926. The summed E-state index contributed by atoms with van der Waals surface area (Å²) in [6.07, 6.45) is 9.42. The van der Waals surface area contributed by atoms with E-state index in [-0.39, 0.29) is 5.91 Å². The van der Waals surface area contributed by atoms with Gasteiger partial charge in [-0.2, -0.15) is 0 Å². The van der Waals surface area contributed by atoms with Crippen LogP contribution in [0, 0.1) is 11.8 Å². The van der Waals surface area contributed by atoms with Crippen molar-refractivity contribution < 1.29 is 4.79 Å². The Bertz CT molecular complexity index is 428. The van der Waals surface area contributed by atoms with E-state index in [9.17, 15) is 4.79 Å². The number of amides is 1. The molecule has 19 heavy (non-hydrogen) atoms. The van der Waals surface area contributed by atoms with Crippen LogP contribution in [0.3, 0.4) is 0 Å². The van der Waals surface area contributed by atoms with Crippen LogP contribution in [0.1, 0.15) is 49.4 Å². The van der Waals surface area contributed by atoms with Gasteiger partial charge < -0.3 is 5.32 Å². The SMILES string of the molecule is CCC1CCC(CNC(=O)c2ccncc2Cl)CC1. The molecule has 1 aliphatic carbocycles. The van der Waals surface area contributed by atoms with E-state index in [1.165, 1.54) is 38.3 Å². The number of halogens is 1. The standard InChI is InChI=1S/C15H21ClN2O/c1-2-11-3-5-12(6-4-11)9-18-15(19)13-7-8-17-10-14(13)16/h7-8,10-12H,2-6,9H2,1H3,(H,18,19). The third kappa shape index (κ3) is 3.93. The molecule has 1 aliphatic rings. The van der Waals surface area contributed by atoms with Crippen molar-refractivity contribution in [3.63, 3.8) is 0 Å². The van der Waals surface area contributed by atoms with Crippen LogP contribution in [0.25, 0.3) is 0 Å². The summed E-state index contributed by atoms with van der Waals surface area (Å²) in [5, 5.41) is 3.40. The van der Waals surface area contributed by atoms with Crippen molar-refractivity contribution in [2.24, 2.45) is 11.8 Å². The Kier molecular flexibility index (Phi) is 5.20. The quantitative estimate of drug-likeness (QED) is 0.914. The van der Waals surface area contributed by atoms with E-state index in [4.69, 9.17) is 11.6 Å². The maximum Gasteiger partial charge on any atom is 0.252 e. The Morgan fingerprint density at radius 2 is 2.05 bits per heavy atom. The van der Waals surface area contributed by atoms with Crippen molar-refractivity contribution in [1.82, 2.24) is 10.3 Å². The number of rotatable bonds is 4. The van der Waals surface area contributed by atoms with Gasteiger partial charge in [0.25, 0.3) is 5.91 Å². The van der Waals surface area contributed by atoms with E-state index >= 15 is 0 Å². The second kappa shape index (κ2) is 6.90. The molecule has 1 saturated carbocycles. The minimum absolute atomic E-state index is 0.0926. The summed E-state index contributed by atoms with van der Waals surface area (Å²) in [7, 11) is 0.